The second-order valence-electron chi connectivity index (χ2n) is 5.28. The van der Waals surface area contributed by atoms with Gasteiger partial charge < -0.3 is 5.73 Å². The number of nitro benzene ring substituents is 2. The van der Waals surface area contributed by atoms with Crippen molar-refractivity contribution in [3.63, 3.8) is 0 Å². The fraction of sp³-hybridized carbons (Fsp3) is 0.538. The van der Waals surface area contributed by atoms with Crippen LogP contribution in [0.1, 0.15) is 18.4 Å². The van der Waals surface area contributed by atoms with Crippen molar-refractivity contribution in [2.75, 3.05) is 19.6 Å². The molecule has 1 aliphatic rings. The molecule has 0 aliphatic carbocycles. The molecule has 1 aromatic rings. The van der Waals surface area contributed by atoms with Gasteiger partial charge in [0.15, 0.2) is 0 Å². The quantitative estimate of drug-likeness (QED) is 0.652. The summed E-state index contributed by atoms with van der Waals surface area (Å²) in [7, 11) is 0. The fourth-order valence-corrected chi connectivity index (χ4v) is 2.59. The van der Waals surface area contributed by atoms with Crippen molar-refractivity contribution >= 4 is 11.4 Å². The van der Waals surface area contributed by atoms with Gasteiger partial charge >= 0.3 is 0 Å². The van der Waals surface area contributed by atoms with E-state index in [-0.39, 0.29) is 11.4 Å². The van der Waals surface area contributed by atoms with Crippen LogP contribution in [0.2, 0.25) is 0 Å². The van der Waals surface area contributed by atoms with Crippen LogP contribution in [-0.4, -0.2) is 34.4 Å². The SMILES string of the molecule is NCC1CCN(Cc2ccc([N+](=O)[O-])cc2[N+](=O)[O-])CC1. The Morgan fingerprint density at radius 3 is 2.38 bits per heavy atom. The van der Waals surface area contributed by atoms with Gasteiger partial charge in [0.2, 0.25) is 0 Å². The standard InChI is InChI=1S/C13H18N4O4/c14-8-10-3-5-15(6-4-10)9-11-1-2-12(16(18)19)7-13(11)17(20)21/h1-2,7,10H,3-6,8-9,14H2. The molecule has 21 heavy (non-hydrogen) atoms. The van der Waals surface area contributed by atoms with E-state index in [0.717, 1.165) is 32.0 Å². The van der Waals surface area contributed by atoms with Crippen LogP contribution in [0.15, 0.2) is 18.2 Å². The third-order valence-electron chi connectivity index (χ3n) is 3.91. The lowest BCUT2D eigenvalue weighted by Gasteiger charge is -2.31. The van der Waals surface area contributed by atoms with Crippen molar-refractivity contribution in [2.24, 2.45) is 11.7 Å². The lowest BCUT2D eigenvalue weighted by molar-refractivity contribution is -0.394. The van der Waals surface area contributed by atoms with Gasteiger partial charge in [0.1, 0.15) is 0 Å². The smallest absolute Gasteiger partial charge is 0.280 e. The summed E-state index contributed by atoms with van der Waals surface area (Å²) >= 11 is 0. The highest BCUT2D eigenvalue weighted by atomic mass is 16.6. The third-order valence-corrected chi connectivity index (χ3v) is 3.91. The van der Waals surface area contributed by atoms with Crippen LogP contribution in [-0.2, 0) is 6.54 Å². The Hall–Kier alpha value is -2.06. The lowest BCUT2D eigenvalue weighted by Crippen LogP contribution is -2.35. The Morgan fingerprint density at radius 1 is 1.19 bits per heavy atom. The summed E-state index contributed by atoms with van der Waals surface area (Å²) in [6.07, 6.45) is 1.97. The van der Waals surface area contributed by atoms with Crippen molar-refractivity contribution in [3.8, 4) is 0 Å². The van der Waals surface area contributed by atoms with Crippen LogP contribution in [0.4, 0.5) is 11.4 Å². The number of nitrogens with zero attached hydrogens (tertiary/aromatic N) is 3. The zero-order valence-electron chi connectivity index (χ0n) is 11.6. The number of hydrogen-bond acceptors (Lipinski definition) is 6. The Morgan fingerprint density at radius 2 is 1.86 bits per heavy atom. The molecule has 0 spiro atoms. The van der Waals surface area contributed by atoms with Crippen molar-refractivity contribution in [2.45, 2.75) is 19.4 Å². The van der Waals surface area contributed by atoms with Crippen LogP contribution in [0.3, 0.4) is 0 Å². The first-order valence-corrected chi connectivity index (χ1v) is 6.85. The first kappa shape index (κ1) is 15.3. The van der Waals surface area contributed by atoms with Crippen LogP contribution in [0.5, 0.6) is 0 Å². The molecule has 8 nitrogen and oxygen atoms in total. The monoisotopic (exact) mass is 294 g/mol. The number of nitro groups is 2. The van der Waals surface area contributed by atoms with Gasteiger partial charge in [-0.1, -0.05) is 0 Å². The maximum atomic E-state index is 11.1. The molecule has 0 aromatic heterocycles. The molecule has 1 aliphatic heterocycles. The predicted molar refractivity (Wildman–Crippen MR) is 76.8 cm³/mol. The molecule has 0 unspecified atom stereocenters. The second-order valence-corrected chi connectivity index (χ2v) is 5.28. The Labute approximate surface area is 121 Å². The topological polar surface area (TPSA) is 116 Å². The molecule has 0 amide bonds. The number of nitrogens with two attached hydrogens (primary N) is 1. The lowest BCUT2D eigenvalue weighted by atomic mass is 9.96. The minimum atomic E-state index is -0.622. The van der Waals surface area contributed by atoms with Gasteiger partial charge in [-0.05, 0) is 44.5 Å². The van der Waals surface area contributed by atoms with E-state index in [1.165, 1.54) is 12.1 Å². The molecule has 0 radical (unpaired) electrons. The van der Waals surface area contributed by atoms with Crippen molar-refractivity contribution in [1.82, 2.24) is 4.90 Å². The largest absolute Gasteiger partial charge is 0.330 e. The first-order valence-electron chi connectivity index (χ1n) is 6.85. The van der Waals surface area contributed by atoms with Crippen molar-refractivity contribution in [3.05, 3.63) is 44.0 Å². The van der Waals surface area contributed by atoms with E-state index in [1.54, 1.807) is 0 Å². The van der Waals surface area contributed by atoms with Gasteiger partial charge in [-0.25, -0.2) is 0 Å². The number of non-ortho nitro benzene ring substituents is 1. The summed E-state index contributed by atoms with van der Waals surface area (Å²) in [5.74, 6) is 0.521. The predicted octanol–water partition coefficient (Wildman–Crippen LogP) is 1.67. The van der Waals surface area contributed by atoms with Crippen LogP contribution < -0.4 is 5.73 Å². The highest BCUT2D eigenvalue weighted by molar-refractivity contribution is 5.49. The Balaban J connectivity index is 2.13. The van der Waals surface area contributed by atoms with Gasteiger partial charge in [0.25, 0.3) is 11.4 Å². The average Bonchev–Trinajstić information content (AvgIpc) is 2.48. The van der Waals surface area contributed by atoms with Gasteiger partial charge in [0.05, 0.1) is 15.9 Å². The second kappa shape index (κ2) is 6.59. The van der Waals surface area contributed by atoms with Crippen molar-refractivity contribution in [1.29, 1.82) is 0 Å². The van der Waals surface area contributed by atoms with Gasteiger partial charge in [0, 0.05) is 18.2 Å². The van der Waals surface area contributed by atoms with E-state index in [0.29, 0.717) is 24.6 Å². The summed E-state index contributed by atoms with van der Waals surface area (Å²) < 4.78 is 0. The summed E-state index contributed by atoms with van der Waals surface area (Å²) in [6.45, 7) is 2.79. The van der Waals surface area contributed by atoms with Gasteiger partial charge in [-0.2, -0.15) is 0 Å². The number of piperidine rings is 1. The van der Waals surface area contributed by atoms with Crippen LogP contribution in [0, 0.1) is 26.1 Å². The highest BCUT2D eigenvalue weighted by Gasteiger charge is 2.23. The molecule has 114 valence electrons. The van der Waals surface area contributed by atoms with Gasteiger partial charge in [-0.15, -0.1) is 0 Å². The zero-order chi connectivity index (χ0) is 15.4. The number of benzene rings is 1. The molecule has 8 heteroatoms. The molecule has 1 fully saturated rings. The molecular formula is C13H18N4O4. The van der Waals surface area contributed by atoms with E-state index in [1.807, 2.05) is 0 Å². The average molecular weight is 294 g/mol. The van der Waals surface area contributed by atoms with E-state index in [2.05, 4.69) is 4.90 Å². The minimum Gasteiger partial charge on any atom is -0.330 e. The summed E-state index contributed by atoms with van der Waals surface area (Å²) in [5, 5.41) is 21.8. The summed E-state index contributed by atoms with van der Waals surface area (Å²) in [6, 6.07) is 3.82. The maximum absolute atomic E-state index is 11.1. The molecule has 0 bridgehead atoms. The Kier molecular flexibility index (Phi) is 4.81. The fourth-order valence-electron chi connectivity index (χ4n) is 2.59. The van der Waals surface area contributed by atoms with Crippen LogP contribution >= 0.6 is 0 Å². The van der Waals surface area contributed by atoms with Crippen molar-refractivity contribution < 1.29 is 9.85 Å². The van der Waals surface area contributed by atoms with Gasteiger partial charge in [-0.3, -0.25) is 25.1 Å². The zero-order valence-corrected chi connectivity index (χ0v) is 11.6. The van der Waals surface area contributed by atoms with E-state index in [4.69, 9.17) is 5.73 Å². The molecule has 0 saturated carbocycles. The molecule has 2 N–H and O–H groups in total. The third kappa shape index (κ3) is 3.73. The van der Waals surface area contributed by atoms with Crippen LogP contribution in [0.25, 0.3) is 0 Å². The van der Waals surface area contributed by atoms with E-state index < -0.39 is 9.85 Å². The Bertz CT molecular complexity index is 541. The first-order chi connectivity index (χ1) is 10.0. The molecule has 1 heterocycles. The molecule has 2 rings (SSSR count). The normalized spacial score (nSPS) is 16.8. The number of rotatable bonds is 5. The van der Waals surface area contributed by atoms with E-state index in [9.17, 15) is 20.2 Å². The van der Waals surface area contributed by atoms with E-state index >= 15 is 0 Å². The molecule has 1 saturated heterocycles. The summed E-state index contributed by atoms with van der Waals surface area (Å²) in [5.41, 5.74) is 5.70. The minimum absolute atomic E-state index is 0.190. The molecule has 1 aromatic carbocycles. The molecular weight excluding hydrogens is 276 g/mol. The summed E-state index contributed by atoms with van der Waals surface area (Å²) in [4.78, 5) is 22.7. The number of hydrogen-bond donors (Lipinski definition) is 1. The molecule has 0 atom stereocenters. The number of likely N-dealkylation sites (tertiary alicyclic amines) is 1. The maximum Gasteiger partial charge on any atom is 0.280 e. The highest BCUT2D eigenvalue weighted by Crippen LogP contribution is 2.27.